The molecular formula is C31H53NO6. The molecule has 2 saturated carbocycles. The van der Waals surface area contributed by atoms with Crippen LogP contribution in [0.1, 0.15) is 114 Å². The molecule has 6 unspecified atom stereocenters. The van der Waals surface area contributed by atoms with Gasteiger partial charge in [-0.3, -0.25) is 14.5 Å². The van der Waals surface area contributed by atoms with Crippen LogP contribution in [0.5, 0.6) is 0 Å². The van der Waals surface area contributed by atoms with E-state index in [4.69, 9.17) is 19.6 Å². The Balaban J connectivity index is 1.68. The first-order valence-corrected chi connectivity index (χ1v) is 15.1. The van der Waals surface area contributed by atoms with Crippen LogP contribution in [-0.2, 0) is 29.1 Å². The van der Waals surface area contributed by atoms with Crippen LogP contribution in [0.3, 0.4) is 0 Å². The molecule has 3 rings (SSSR count). The topological polar surface area (TPSA) is 74.3 Å². The SMILES string of the molecule is CC1=C(C)C(=O)N(CCCC(C)(OOC2CC(C)CCC2C(C)C)OOC2CC(C)CCC2C(C)C)C1=O. The van der Waals surface area contributed by atoms with E-state index in [9.17, 15) is 9.59 Å². The Morgan fingerprint density at radius 2 is 1.21 bits per heavy atom. The highest BCUT2D eigenvalue weighted by atomic mass is 17.3. The average molecular weight is 536 g/mol. The Morgan fingerprint density at radius 1 is 0.789 bits per heavy atom. The molecule has 218 valence electrons. The second-order valence-electron chi connectivity index (χ2n) is 13.3. The maximum atomic E-state index is 12.5. The molecule has 2 fully saturated rings. The van der Waals surface area contributed by atoms with E-state index >= 15 is 0 Å². The van der Waals surface area contributed by atoms with E-state index in [0.717, 1.165) is 25.7 Å². The summed E-state index contributed by atoms with van der Waals surface area (Å²) in [6.07, 6.45) is 7.51. The zero-order chi connectivity index (χ0) is 28.2. The smallest absolute Gasteiger partial charge is 0.256 e. The lowest BCUT2D eigenvalue weighted by molar-refractivity contribution is -0.530. The zero-order valence-electron chi connectivity index (χ0n) is 25.4. The summed E-state index contributed by atoms with van der Waals surface area (Å²) < 4.78 is 0. The van der Waals surface area contributed by atoms with E-state index in [0.29, 0.717) is 66.0 Å². The largest absolute Gasteiger partial charge is 0.275 e. The predicted molar refractivity (Wildman–Crippen MR) is 147 cm³/mol. The molecule has 7 heteroatoms. The lowest BCUT2D eigenvalue weighted by atomic mass is 9.75. The van der Waals surface area contributed by atoms with Crippen LogP contribution in [0, 0.1) is 35.5 Å². The third kappa shape index (κ3) is 7.67. The molecule has 0 spiro atoms. The second kappa shape index (κ2) is 13.4. The minimum absolute atomic E-state index is 0.00368. The van der Waals surface area contributed by atoms with E-state index in [1.807, 2.05) is 6.92 Å². The van der Waals surface area contributed by atoms with Gasteiger partial charge in [-0.15, -0.1) is 0 Å². The molecule has 38 heavy (non-hydrogen) atoms. The molecular weight excluding hydrogens is 482 g/mol. The number of carbonyl (C=O) groups is 2. The van der Waals surface area contributed by atoms with Gasteiger partial charge in [-0.1, -0.05) is 54.4 Å². The van der Waals surface area contributed by atoms with Crippen molar-refractivity contribution >= 4 is 11.8 Å². The van der Waals surface area contributed by atoms with Crippen molar-refractivity contribution in [3.05, 3.63) is 11.1 Å². The normalized spacial score (nSPS) is 32.6. The van der Waals surface area contributed by atoms with Crippen LogP contribution in [0.4, 0.5) is 0 Å². The van der Waals surface area contributed by atoms with Crippen molar-refractivity contribution in [3.63, 3.8) is 0 Å². The second-order valence-corrected chi connectivity index (χ2v) is 13.3. The number of amides is 2. The Hall–Kier alpha value is -1.28. The molecule has 3 aliphatic rings. The minimum Gasteiger partial charge on any atom is -0.275 e. The number of hydrogen-bond donors (Lipinski definition) is 0. The highest BCUT2D eigenvalue weighted by molar-refractivity contribution is 6.18. The summed E-state index contributed by atoms with van der Waals surface area (Å²) in [7, 11) is 0. The lowest BCUT2D eigenvalue weighted by Crippen LogP contribution is -2.42. The summed E-state index contributed by atoms with van der Waals surface area (Å²) in [6.45, 7) is 19.1. The van der Waals surface area contributed by atoms with Gasteiger partial charge in [0, 0.05) is 24.1 Å². The molecule has 0 aromatic carbocycles. The molecule has 7 nitrogen and oxygen atoms in total. The van der Waals surface area contributed by atoms with E-state index in [2.05, 4.69) is 41.5 Å². The van der Waals surface area contributed by atoms with Gasteiger partial charge in [-0.05, 0) is 88.4 Å². The van der Waals surface area contributed by atoms with Crippen LogP contribution < -0.4 is 0 Å². The summed E-state index contributed by atoms with van der Waals surface area (Å²) in [5.41, 5.74) is 1.04. The summed E-state index contributed by atoms with van der Waals surface area (Å²) in [4.78, 5) is 51.0. The van der Waals surface area contributed by atoms with Crippen LogP contribution >= 0.6 is 0 Å². The first-order valence-electron chi connectivity index (χ1n) is 15.1. The summed E-state index contributed by atoms with van der Waals surface area (Å²) in [5, 5.41) is 0. The van der Waals surface area contributed by atoms with E-state index in [1.54, 1.807) is 13.8 Å². The molecule has 1 aliphatic heterocycles. The van der Waals surface area contributed by atoms with Gasteiger partial charge in [0.15, 0.2) is 0 Å². The summed E-state index contributed by atoms with van der Waals surface area (Å²) >= 11 is 0. The number of carbonyl (C=O) groups excluding carboxylic acids is 2. The van der Waals surface area contributed by atoms with Gasteiger partial charge < -0.3 is 0 Å². The first kappa shape index (κ1) is 31.3. The quantitative estimate of drug-likeness (QED) is 0.116. The Morgan fingerprint density at radius 3 is 1.61 bits per heavy atom. The highest BCUT2D eigenvalue weighted by Gasteiger charge is 2.40. The van der Waals surface area contributed by atoms with Crippen molar-refractivity contribution in [1.82, 2.24) is 4.90 Å². The van der Waals surface area contributed by atoms with Gasteiger partial charge >= 0.3 is 0 Å². The highest BCUT2D eigenvalue weighted by Crippen LogP contribution is 2.39. The first-order chi connectivity index (χ1) is 17.8. The molecule has 2 amide bonds. The molecule has 0 radical (unpaired) electrons. The van der Waals surface area contributed by atoms with E-state index in [1.165, 1.54) is 17.7 Å². The molecule has 1 heterocycles. The van der Waals surface area contributed by atoms with E-state index < -0.39 is 5.79 Å². The molecule has 0 saturated heterocycles. The Labute approximate surface area is 230 Å². The predicted octanol–water partition coefficient (Wildman–Crippen LogP) is 7.01. The molecule has 0 aromatic heterocycles. The molecule has 6 atom stereocenters. The molecule has 2 aliphatic carbocycles. The van der Waals surface area contributed by atoms with Gasteiger partial charge in [0.1, 0.15) is 0 Å². The van der Waals surface area contributed by atoms with Crippen LogP contribution in [0.2, 0.25) is 0 Å². The fourth-order valence-corrected chi connectivity index (χ4v) is 6.45. The molecule has 0 N–H and O–H groups in total. The van der Waals surface area contributed by atoms with Crippen molar-refractivity contribution in [2.75, 3.05) is 6.54 Å². The minimum atomic E-state index is -1.16. The standard InChI is InChI=1S/C31H53NO6/c1-19(2)25-13-11-21(5)17-27(25)35-37-31(9,15-10-16-32-29(33)23(7)24(8)30(32)34)38-36-28-18-22(6)12-14-26(28)20(3)4/h19-22,25-28H,10-18H2,1-9H3. The van der Waals surface area contributed by atoms with E-state index in [-0.39, 0.29) is 24.0 Å². The van der Waals surface area contributed by atoms with Gasteiger partial charge in [0.05, 0.1) is 12.2 Å². The van der Waals surface area contributed by atoms with Gasteiger partial charge in [-0.2, -0.15) is 9.78 Å². The zero-order valence-corrected chi connectivity index (χ0v) is 25.4. The molecule has 0 aromatic rings. The van der Waals surface area contributed by atoms with Gasteiger partial charge in [-0.25, -0.2) is 9.78 Å². The van der Waals surface area contributed by atoms with Crippen LogP contribution in [0.15, 0.2) is 11.1 Å². The lowest BCUT2D eigenvalue weighted by Gasteiger charge is -2.40. The number of imide groups is 1. The van der Waals surface area contributed by atoms with Crippen molar-refractivity contribution in [1.29, 1.82) is 0 Å². The Kier molecular flexibility index (Phi) is 11.0. The third-order valence-corrected chi connectivity index (χ3v) is 9.33. The monoisotopic (exact) mass is 535 g/mol. The maximum absolute atomic E-state index is 12.5. The van der Waals surface area contributed by atoms with Gasteiger partial charge in [0.25, 0.3) is 11.8 Å². The van der Waals surface area contributed by atoms with Crippen molar-refractivity contribution in [2.45, 2.75) is 132 Å². The van der Waals surface area contributed by atoms with Crippen molar-refractivity contribution < 1.29 is 29.1 Å². The number of rotatable bonds is 12. The molecule has 0 bridgehead atoms. The average Bonchev–Trinajstić information content (AvgIpc) is 3.04. The summed E-state index contributed by atoms with van der Waals surface area (Å²) in [6, 6.07) is 0. The number of nitrogens with zero attached hydrogens (tertiary/aromatic N) is 1. The Bertz CT molecular complexity index is 791. The number of hydrogen-bond acceptors (Lipinski definition) is 6. The van der Waals surface area contributed by atoms with Crippen molar-refractivity contribution in [3.8, 4) is 0 Å². The van der Waals surface area contributed by atoms with Gasteiger partial charge in [0.2, 0.25) is 5.79 Å². The third-order valence-electron chi connectivity index (χ3n) is 9.33. The van der Waals surface area contributed by atoms with Crippen LogP contribution in [-0.4, -0.2) is 41.3 Å². The maximum Gasteiger partial charge on any atom is 0.256 e. The summed E-state index contributed by atoms with van der Waals surface area (Å²) in [5.74, 6) is 1.45. The fraction of sp³-hybridized carbons (Fsp3) is 0.871. The fourth-order valence-electron chi connectivity index (χ4n) is 6.45. The van der Waals surface area contributed by atoms with Crippen molar-refractivity contribution in [2.24, 2.45) is 35.5 Å². The van der Waals surface area contributed by atoms with Crippen LogP contribution in [0.25, 0.3) is 0 Å².